The lowest BCUT2D eigenvalue weighted by molar-refractivity contribution is 0.427. The molecule has 0 aliphatic carbocycles. The first kappa shape index (κ1) is 10.6. The zero-order valence-electron chi connectivity index (χ0n) is 7.99. The van der Waals surface area contributed by atoms with E-state index < -0.39 is 6.67 Å². The molecule has 0 amide bonds. The predicted octanol–water partition coefficient (Wildman–Crippen LogP) is 3.32. The second kappa shape index (κ2) is 4.77. The molecule has 0 unspecified atom stereocenters. The topological polar surface area (TPSA) is 17.8 Å². The minimum absolute atomic E-state index is 0.286. The van der Waals surface area contributed by atoms with Gasteiger partial charge in [0.1, 0.15) is 6.67 Å². The van der Waals surface area contributed by atoms with Gasteiger partial charge in [-0.1, -0.05) is 0 Å². The quantitative estimate of drug-likeness (QED) is 0.755. The third kappa shape index (κ3) is 2.21. The maximum absolute atomic E-state index is 12.2. The fourth-order valence-corrected chi connectivity index (χ4v) is 2.24. The average Bonchev–Trinajstić information content (AvgIpc) is 2.84. The summed E-state index contributed by atoms with van der Waals surface area (Å²) >= 11 is 7.43. The van der Waals surface area contributed by atoms with Crippen LogP contribution < -0.4 is 0 Å². The summed E-state index contributed by atoms with van der Waals surface area (Å²) < 4.78 is 13.8. The minimum atomic E-state index is -0.410. The third-order valence-corrected chi connectivity index (χ3v) is 3.06. The number of rotatable bonds is 4. The summed E-state index contributed by atoms with van der Waals surface area (Å²) in [5, 5.41) is 8.31. The zero-order chi connectivity index (χ0) is 10.7. The van der Waals surface area contributed by atoms with E-state index in [1.807, 2.05) is 16.8 Å². The Morgan fingerprint density at radius 3 is 3.00 bits per heavy atom. The molecule has 0 saturated carbocycles. The molecule has 0 N–H and O–H groups in total. The molecule has 0 bridgehead atoms. The van der Waals surface area contributed by atoms with E-state index >= 15 is 0 Å². The van der Waals surface area contributed by atoms with Crippen molar-refractivity contribution < 1.29 is 4.39 Å². The Hall–Kier alpha value is -0.870. The highest BCUT2D eigenvalue weighted by atomic mass is 35.5. The molecule has 0 aliphatic rings. The first-order chi connectivity index (χ1) is 7.35. The van der Waals surface area contributed by atoms with Crippen molar-refractivity contribution in [3.8, 4) is 11.3 Å². The Morgan fingerprint density at radius 2 is 2.40 bits per heavy atom. The number of nitrogens with zero attached hydrogens (tertiary/aromatic N) is 2. The van der Waals surface area contributed by atoms with Crippen molar-refractivity contribution in [2.24, 2.45) is 0 Å². The van der Waals surface area contributed by atoms with Crippen molar-refractivity contribution in [2.45, 2.75) is 12.4 Å². The minimum Gasteiger partial charge on any atom is -0.269 e. The van der Waals surface area contributed by atoms with Crippen molar-refractivity contribution in [1.29, 1.82) is 0 Å². The molecule has 15 heavy (non-hydrogen) atoms. The molecule has 2 rings (SSSR count). The fourth-order valence-electron chi connectivity index (χ4n) is 1.40. The lowest BCUT2D eigenvalue weighted by Gasteiger charge is -1.94. The van der Waals surface area contributed by atoms with Gasteiger partial charge in [0.2, 0.25) is 0 Å². The Kier molecular flexibility index (Phi) is 3.38. The van der Waals surface area contributed by atoms with Gasteiger partial charge in [0, 0.05) is 22.7 Å². The summed E-state index contributed by atoms with van der Waals surface area (Å²) in [5.41, 5.74) is 2.86. The Morgan fingerprint density at radius 1 is 1.53 bits per heavy atom. The molecule has 0 aliphatic heterocycles. The summed E-state index contributed by atoms with van der Waals surface area (Å²) in [6, 6.07) is 1.99. The van der Waals surface area contributed by atoms with Crippen molar-refractivity contribution in [3.05, 3.63) is 28.6 Å². The van der Waals surface area contributed by atoms with Crippen LogP contribution in [-0.4, -0.2) is 16.5 Å². The number of halogens is 2. The van der Waals surface area contributed by atoms with Crippen LogP contribution in [0.5, 0.6) is 0 Å². The monoisotopic (exact) mass is 244 g/mol. The van der Waals surface area contributed by atoms with Crippen molar-refractivity contribution in [2.75, 3.05) is 6.67 Å². The lowest BCUT2D eigenvalue weighted by Crippen LogP contribution is -1.99. The second-order valence-electron chi connectivity index (χ2n) is 3.10. The molecule has 5 heteroatoms. The molecule has 80 valence electrons. The fraction of sp³-hybridized carbons (Fsp3) is 0.300. The SMILES string of the molecule is FCCn1cc(CCl)c(-c2ccsc2)n1. The molecule has 0 aromatic carbocycles. The third-order valence-electron chi connectivity index (χ3n) is 2.09. The van der Waals surface area contributed by atoms with E-state index in [4.69, 9.17) is 11.6 Å². The zero-order valence-corrected chi connectivity index (χ0v) is 9.56. The summed E-state index contributed by atoms with van der Waals surface area (Å²) in [6.07, 6.45) is 1.81. The van der Waals surface area contributed by atoms with Gasteiger partial charge in [-0.3, -0.25) is 4.68 Å². The smallest absolute Gasteiger partial charge is 0.109 e. The lowest BCUT2D eigenvalue weighted by atomic mass is 10.2. The Labute approximate surface area is 96.3 Å². The van der Waals surface area contributed by atoms with E-state index in [2.05, 4.69) is 5.10 Å². The van der Waals surface area contributed by atoms with E-state index in [0.717, 1.165) is 16.8 Å². The van der Waals surface area contributed by atoms with Crippen LogP contribution >= 0.6 is 22.9 Å². The van der Waals surface area contributed by atoms with Gasteiger partial charge in [0.15, 0.2) is 0 Å². The van der Waals surface area contributed by atoms with Gasteiger partial charge in [0.05, 0.1) is 18.1 Å². The molecule has 2 nitrogen and oxygen atoms in total. The van der Waals surface area contributed by atoms with Gasteiger partial charge in [-0.2, -0.15) is 16.4 Å². The summed E-state index contributed by atoms with van der Waals surface area (Å²) in [4.78, 5) is 0. The van der Waals surface area contributed by atoms with Gasteiger partial charge < -0.3 is 0 Å². The number of aryl methyl sites for hydroxylation is 1. The van der Waals surface area contributed by atoms with Crippen LogP contribution in [0.1, 0.15) is 5.56 Å². The van der Waals surface area contributed by atoms with Crippen LogP contribution in [0.2, 0.25) is 0 Å². The molecule has 0 radical (unpaired) electrons. The first-order valence-electron chi connectivity index (χ1n) is 4.56. The summed E-state index contributed by atoms with van der Waals surface area (Å²) in [7, 11) is 0. The van der Waals surface area contributed by atoms with Gasteiger partial charge >= 0.3 is 0 Å². The molecule has 0 saturated heterocycles. The number of hydrogen-bond acceptors (Lipinski definition) is 2. The Balaban J connectivity index is 2.37. The second-order valence-corrected chi connectivity index (χ2v) is 4.15. The largest absolute Gasteiger partial charge is 0.269 e. The molecule has 0 spiro atoms. The highest BCUT2D eigenvalue weighted by Crippen LogP contribution is 2.25. The van der Waals surface area contributed by atoms with E-state index in [1.54, 1.807) is 22.2 Å². The number of hydrogen-bond donors (Lipinski definition) is 0. The van der Waals surface area contributed by atoms with Crippen LogP contribution in [-0.2, 0) is 12.4 Å². The van der Waals surface area contributed by atoms with E-state index in [0.29, 0.717) is 5.88 Å². The van der Waals surface area contributed by atoms with Gasteiger partial charge in [-0.05, 0) is 11.4 Å². The van der Waals surface area contributed by atoms with Crippen molar-refractivity contribution >= 4 is 22.9 Å². The van der Waals surface area contributed by atoms with Gasteiger partial charge in [0.25, 0.3) is 0 Å². The highest BCUT2D eigenvalue weighted by molar-refractivity contribution is 7.08. The summed E-state index contributed by atoms with van der Waals surface area (Å²) in [6.45, 7) is -0.124. The highest BCUT2D eigenvalue weighted by Gasteiger charge is 2.10. The van der Waals surface area contributed by atoms with Gasteiger partial charge in [-0.15, -0.1) is 11.6 Å². The van der Waals surface area contributed by atoms with Crippen molar-refractivity contribution in [1.82, 2.24) is 9.78 Å². The number of aromatic nitrogens is 2. The van der Waals surface area contributed by atoms with E-state index in [-0.39, 0.29) is 6.54 Å². The normalized spacial score (nSPS) is 10.8. The summed E-state index contributed by atoms with van der Waals surface area (Å²) in [5.74, 6) is 0.400. The maximum Gasteiger partial charge on any atom is 0.109 e. The standard InChI is InChI=1S/C10H10ClFN2S/c11-5-9-6-14(3-2-12)13-10(9)8-1-4-15-7-8/h1,4,6-7H,2-3,5H2. The molecule has 2 aromatic heterocycles. The average molecular weight is 245 g/mol. The van der Waals surface area contributed by atoms with Crippen LogP contribution in [0.25, 0.3) is 11.3 Å². The molecule has 0 fully saturated rings. The van der Waals surface area contributed by atoms with Crippen LogP contribution in [0.3, 0.4) is 0 Å². The number of thiophene rings is 1. The van der Waals surface area contributed by atoms with Crippen LogP contribution in [0, 0.1) is 0 Å². The maximum atomic E-state index is 12.2. The molecule has 2 heterocycles. The number of alkyl halides is 2. The van der Waals surface area contributed by atoms with Crippen LogP contribution in [0.4, 0.5) is 4.39 Å². The van der Waals surface area contributed by atoms with Crippen LogP contribution in [0.15, 0.2) is 23.0 Å². The van der Waals surface area contributed by atoms with E-state index in [9.17, 15) is 4.39 Å². The van der Waals surface area contributed by atoms with Gasteiger partial charge in [-0.25, -0.2) is 4.39 Å². The molecule has 0 atom stereocenters. The molecular formula is C10H10ClFN2S. The molecular weight excluding hydrogens is 235 g/mol. The Bertz CT molecular complexity index is 425. The van der Waals surface area contributed by atoms with E-state index in [1.165, 1.54) is 0 Å². The molecule has 2 aromatic rings. The van der Waals surface area contributed by atoms with Crippen molar-refractivity contribution in [3.63, 3.8) is 0 Å². The first-order valence-corrected chi connectivity index (χ1v) is 6.03. The predicted molar refractivity (Wildman–Crippen MR) is 61.1 cm³/mol.